The van der Waals surface area contributed by atoms with Crippen molar-refractivity contribution in [2.24, 2.45) is 0 Å². The van der Waals surface area contributed by atoms with E-state index in [2.05, 4.69) is 10.4 Å². The molecular formula is C16H12FN3O2S. The van der Waals surface area contributed by atoms with E-state index in [1.54, 1.807) is 12.1 Å². The largest absolute Gasteiger partial charge is 0.322 e. The Morgan fingerprint density at radius 2 is 2.00 bits per heavy atom. The molecule has 116 valence electrons. The number of para-hydroxylation sites is 1. The van der Waals surface area contributed by atoms with Gasteiger partial charge in [-0.2, -0.15) is 5.10 Å². The van der Waals surface area contributed by atoms with Crippen molar-refractivity contribution in [1.29, 1.82) is 0 Å². The van der Waals surface area contributed by atoms with Crippen molar-refractivity contribution in [2.45, 2.75) is 6.54 Å². The van der Waals surface area contributed by atoms with Crippen LogP contribution in [0.15, 0.2) is 58.7 Å². The summed E-state index contributed by atoms with van der Waals surface area (Å²) in [5, 5.41) is 8.51. The van der Waals surface area contributed by atoms with Gasteiger partial charge < -0.3 is 5.32 Å². The molecule has 1 amide bonds. The van der Waals surface area contributed by atoms with E-state index in [1.807, 2.05) is 17.5 Å². The molecule has 0 saturated heterocycles. The van der Waals surface area contributed by atoms with E-state index in [0.29, 0.717) is 5.69 Å². The third kappa shape index (κ3) is 3.51. The van der Waals surface area contributed by atoms with Crippen LogP contribution in [0.2, 0.25) is 0 Å². The molecule has 0 aliphatic carbocycles. The molecule has 3 aromatic rings. The number of halogens is 1. The third-order valence-corrected chi connectivity index (χ3v) is 3.97. The van der Waals surface area contributed by atoms with Gasteiger partial charge in [0.25, 0.3) is 5.56 Å². The molecule has 0 bridgehead atoms. The monoisotopic (exact) mass is 329 g/mol. The highest BCUT2D eigenvalue weighted by Crippen LogP contribution is 2.21. The van der Waals surface area contributed by atoms with Crippen LogP contribution in [0.25, 0.3) is 10.6 Å². The number of nitrogens with one attached hydrogen (secondary N) is 1. The molecule has 23 heavy (non-hydrogen) atoms. The van der Waals surface area contributed by atoms with E-state index in [4.69, 9.17) is 0 Å². The molecule has 2 heterocycles. The van der Waals surface area contributed by atoms with Gasteiger partial charge in [-0.25, -0.2) is 9.07 Å². The van der Waals surface area contributed by atoms with E-state index in [0.717, 1.165) is 9.56 Å². The number of aromatic nitrogens is 2. The first-order valence-corrected chi connectivity index (χ1v) is 7.68. The summed E-state index contributed by atoms with van der Waals surface area (Å²) in [5.74, 6) is -1.05. The molecule has 3 rings (SSSR count). The smallest absolute Gasteiger partial charge is 0.267 e. The molecule has 2 aromatic heterocycles. The van der Waals surface area contributed by atoms with Gasteiger partial charge in [0.05, 0.1) is 10.6 Å². The Kier molecular flexibility index (Phi) is 4.29. The van der Waals surface area contributed by atoms with Crippen LogP contribution in [0.4, 0.5) is 10.1 Å². The fraction of sp³-hybridized carbons (Fsp3) is 0.0625. The number of anilines is 1. The number of amides is 1. The number of hydrogen-bond acceptors (Lipinski definition) is 4. The van der Waals surface area contributed by atoms with Gasteiger partial charge in [-0.05, 0) is 29.6 Å². The second kappa shape index (κ2) is 6.53. The zero-order valence-electron chi connectivity index (χ0n) is 11.9. The topological polar surface area (TPSA) is 64.0 Å². The van der Waals surface area contributed by atoms with Gasteiger partial charge in [0.15, 0.2) is 0 Å². The standard InChI is InChI=1S/C16H12FN3O2S/c17-11-4-1-2-5-12(11)18-15(21)10-20-16(22)8-7-13(19-20)14-6-3-9-23-14/h1-9H,10H2,(H,18,21). The highest BCUT2D eigenvalue weighted by atomic mass is 32.1. The van der Waals surface area contributed by atoms with Crippen molar-refractivity contribution in [3.63, 3.8) is 0 Å². The van der Waals surface area contributed by atoms with E-state index < -0.39 is 17.3 Å². The number of hydrogen-bond donors (Lipinski definition) is 1. The summed E-state index contributed by atoms with van der Waals surface area (Å²) in [6, 6.07) is 12.6. The third-order valence-electron chi connectivity index (χ3n) is 3.08. The van der Waals surface area contributed by atoms with E-state index in [1.165, 1.54) is 35.6 Å². The Morgan fingerprint density at radius 1 is 1.17 bits per heavy atom. The van der Waals surface area contributed by atoms with Gasteiger partial charge >= 0.3 is 0 Å². The lowest BCUT2D eigenvalue weighted by molar-refractivity contribution is -0.117. The Hall–Kier alpha value is -2.80. The van der Waals surface area contributed by atoms with Crippen LogP contribution in [0, 0.1) is 5.82 Å². The molecule has 0 fully saturated rings. The fourth-order valence-electron chi connectivity index (χ4n) is 2.01. The first-order valence-electron chi connectivity index (χ1n) is 6.80. The minimum atomic E-state index is -0.534. The lowest BCUT2D eigenvalue weighted by atomic mass is 10.3. The van der Waals surface area contributed by atoms with Crippen molar-refractivity contribution in [3.05, 3.63) is 70.1 Å². The van der Waals surface area contributed by atoms with E-state index in [9.17, 15) is 14.0 Å². The van der Waals surface area contributed by atoms with Gasteiger partial charge in [0.1, 0.15) is 18.1 Å². The quantitative estimate of drug-likeness (QED) is 0.800. The molecule has 0 radical (unpaired) electrons. The molecule has 5 nitrogen and oxygen atoms in total. The molecule has 7 heteroatoms. The predicted octanol–water partition coefficient (Wildman–Crippen LogP) is 2.75. The normalized spacial score (nSPS) is 10.5. The summed E-state index contributed by atoms with van der Waals surface area (Å²) >= 11 is 1.49. The first kappa shape index (κ1) is 15.1. The molecule has 0 unspecified atom stereocenters. The SMILES string of the molecule is O=C(Cn1nc(-c2cccs2)ccc1=O)Nc1ccccc1F. The fourth-order valence-corrected chi connectivity index (χ4v) is 2.70. The summed E-state index contributed by atoms with van der Waals surface area (Å²) in [6.45, 7) is -0.285. The molecule has 1 N–H and O–H groups in total. The van der Waals surface area contributed by atoms with Crippen LogP contribution in [0.1, 0.15) is 0 Å². The van der Waals surface area contributed by atoms with Gasteiger partial charge in [-0.15, -0.1) is 11.3 Å². The van der Waals surface area contributed by atoms with E-state index in [-0.39, 0.29) is 12.2 Å². The maximum absolute atomic E-state index is 13.5. The summed E-state index contributed by atoms with van der Waals surface area (Å²) in [5.41, 5.74) is 0.284. The van der Waals surface area contributed by atoms with Crippen LogP contribution in [0.3, 0.4) is 0 Å². The van der Waals surface area contributed by atoms with Crippen molar-refractivity contribution in [2.75, 3.05) is 5.32 Å². The summed E-state index contributed by atoms with van der Waals surface area (Å²) in [6.07, 6.45) is 0. The number of carbonyl (C=O) groups is 1. The molecular weight excluding hydrogens is 317 g/mol. The molecule has 0 aliphatic rings. The Labute approximate surface area is 135 Å². The van der Waals surface area contributed by atoms with Gasteiger partial charge in [0, 0.05) is 6.07 Å². The minimum absolute atomic E-state index is 0.0694. The van der Waals surface area contributed by atoms with Crippen LogP contribution >= 0.6 is 11.3 Å². The average Bonchev–Trinajstić information content (AvgIpc) is 3.06. The molecule has 0 aliphatic heterocycles. The minimum Gasteiger partial charge on any atom is -0.322 e. The lowest BCUT2D eigenvalue weighted by Crippen LogP contribution is -2.29. The summed E-state index contributed by atoms with van der Waals surface area (Å²) < 4.78 is 14.6. The van der Waals surface area contributed by atoms with E-state index >= 15 is 0 Å². The highest BCUT2D eigenvalue weighted by molar-refractivity contribution is 7.13. The highest BCUT2D eigenvalue weighted by Gasteiger charge is 2.10. The maximum Gasteiger partial charge on any atom is 0.267 e. The number of benzene rings is 1. The number of nitrogens with zero attached hydrogens (tertiary/aromatic N) is 2. The number of rotatable bonds is 4. The van der Waals surface area contributed by atoms with Crippen LogP contribution in [-0.4, -0.2) is 15.7 Å². The second-order valence-electron chi connectivity index (χ2n) is 4.72. The van der Waals surface area contributed by atoms with Crippen molar-refractivity contribution in [1.82, 2.24) is 9.78 Å². The van der Waals surface area contributed by atoms with Crippen LogP contribution < -0.4 is 10.9 Å². The molecule has 1 aromatic carbocycles. The van der Waals surface area contributed by atoms with Gasteiger partial charge in [0.2, 0.25) is 5.91 Å². The average molecular weight is 329 g/mol. The zero-order valence-corrected chi connectivity index (χ0v) is 12.7. The second-order valence-corrected chi connectivity index (χ2v) is 5.67. The van der Waals surface area contributed by atoms with Crippen molar-refractivity contribution in [3.8, 4) is 10.6 Å². The summed E-state index contributed by atoms with van der Waals surface area (Å²) in [7, 11) is 0. The Morgan fingerprint density at radius 3 is 2.74 bits per heavy atom. The Bertz CT molecular complexity index is 890. The molecule has 0 atom stereocenters. The van der Waals surface area contributed by atoms with Crippen LogP contribution in [0.5, 0.6) is 0 Å². The first-order chi connectivity index (χ1) is 11.1. The molecule has 0 spiro atoms. The summed E-state index contributed by atoms with van der Waals surface area (Å²) in [4.78, 5) is 24.8. The van der Waals surface area contributed by atoms with Crippen molar-refractivity contribution < 1.29 is 9.18 Å². The predicted molar refractivity (Wildman–Crippen MR) is 86.8 cm³/mol. The number of carbonyl (C=O) groups excluding carboxylic acids is 1. The number of thiophene rings is 1. The maximum atomic E-state index is 13.5. The Balaban J connectivity index is 1.80. The molecule has 0 saturated carbocycles. The zero-order chi connectivity index (χ0) is 16.2. The van der Waals surface area contributed by atoms with Crippen LogP contribution in [-0.2, 0) is 11.3 Å². The van der Waals surface area contributed by atoms with Gasteiger partial charge in [-0.3, -0.25) is 9.59 Å². The van der Waals surface area contributed by atoms with Crippen molar-refractivity contribution >= 4 is 22.9 Å². The lowest BCUT2D eigenvalue weighted by Gasteiger charge is -2.08. The van der Waals surface area contributed by atoms with Gasteiger partial charge in [-0.1, -0.05) is 18.2 Å².